The molecule has 2 aliphatic heterocycles. The van der Waals surface area contributed by atoms with Crippen LogP contribution >= 0.6 is 0 Å². The van der Waals surface area contributed by atoms with Crippen LogP contribution < -0.4 is 14.2 Å². The van der Waals surface area contributed by atoms with Crippen molar-refractivity contribution < 1.29 is 28.9 Å². The fraction of sp³-hybridized carbons (Fsp3) is 0.565. The maximum absolute atomic E-state index is 13.0. The zero-order chi connectivity index (χ0) is 22.7. The van der Waals surface area contributed by atoms with Crippen LogP contribution in [0.1, 0.15) is 38.3 Å². The summed E-state index contributed by atoms with van der Waals surface area (Å²) >= 11 is 0. The Morgan fingerprint density at radius 2 is 1.65 bits per heavy atom. The molecule has 2 aliphatic rings. The van der Waals surface area contributed by atoms with Crippen LogP contribution in [0.3, 0.4) is 0 Å². The topological polar surface area (TPSA) is 88.5 Å². The standard InChI is InChI=1S/C23H32N2O6/c1-14(2)20(26)18-19(15-12-16(29-3)22(31-5)17(13-15)30-4)25(23(28)21(18)27)11-10-24-8-6-7-9-24/h12-14,19,27H,6-11H2,1-5H3. The maximum atomic E-state index is 13.0. The molecule has 0 spiro atoms. The molecule has 0 aliphatic carbocycles. The van der Waals surface area contributed by atoms with Crippen molar-refractivity contribution in [2.75, 3.05) is 47.5 Å². The molecule has 2 heterocycles. The molecule has 0 aromatic heterocycles. The molecule has 0 radical (unpaired) electrons. The Hall–Kier alpha value is -2.74. The van der Waals surface area contributed by atoms with E-state index in [-0.39, 0.29) is 17.3 Å². The molecule has 1 N–H and O–H groups in total. The Kier molecular flexibility index (Phi) is 7.10. The molecular formula is C23H32N2O6. The van der Waals surface area contributed by atoms with Crippen molar-refractivity contribution in [3.63, 3.8) is 0 Å². The summed E-state index contributed by atoms with van der Waals surface area (Å²) in [5.41, 5.74) is 0.744. The van der Waals surface area contributed by atoms with Crippen molar-refractivity contribution in [1.82, 2.24) is 9.80 Å². The van der Waals surface area contributed by atoms with Gasteiger partial charge >= 0.3 is 0 Å². The number of aliphatic hydroxyl groups excluding tert-OH is 1. The third-order valence-corrected chi connectivity index (χ3v) is 5.95. The minimum absolute atomic E-state index is 0.121. The lowest BCUT2D eigenvalue weighted by Gasteiger charge is -2.29. The van der Waals surface area contributed by atoms with E-state index in [0.717, 1.165) is 25.9 Å². The van der Waals surface area contributed by atoms with E-state index < -0.39 is 17.7 Å². The van der Waals surface area contributed by atoms with Gasteiger partial charge in [0.05, 0.1) is 32.9 Å². The van der Waals surface area contributed by atoms with Gasteiger partial charge in [0, 0.05) is 19.0 Å². The maximum Gasteiger partial charge on any atom is 0.290 e. The van der Waals surface area contributed by atoms with Crippen LogP contribution in [-0.2, 0) is 9.59 Å². The molecule has 1 fully saturated rings. The van der Waals surface area contributed by atoms with Gasteiger partial charge in [-0.15, -0.1) is 0 Å². The van der Waals surface area contributed by atoms with Crippen molar-refractivity contribution in [2.24, 2.45) is 5.92 Å². The summed E-state index contributed by atoms with van der Waals surface area (Å²) in [6.45, 7) is 6.59. The molecule has 170 valence electrons. The lowest BCUT2D eigenvalue weighted by molar-refractivity contribution is -0.129. The molecule has 1 saturated heterocycles. The predicted molar refractivity (Wildman–Crippen MR) is 116 cm³/mol. The highest BCUT2D eigenvalue weighted by Crippen LogP contribution is 2.45. The van der Waals surface area contributed by atoms with Crippen LogP contribution in [-0.4, -0.2) is 74.1 Å². The first-order valence-electron chi connectivity index (χ1n) is 10.6. The van der Waals surface area contributed by atoms with E-state index in [2.05, 4.69) is 4.90 Å². The Morgan fingerprint density at radius 1 is 1.06 bits per heavy atom. The summed E-state index contributed by atoms with van der Waals surface area (Å²) in [4.78, 5) is 29.9. The number of Topliss-reactive ketones (excluding diaryl/α,β-unsaturated/α-hetero) is 1. The van der Waals surface area contributed by atoms with Gasteiger partial charge in [-0.3, -0.25) is 9.59 Å². The van der Waals surface area contributed by atoms with E-state index in [1.165, 1.54) is 21.3 Å². The van der Waals surface area contributed by atoms with Gasteiger partial charge in [-0.25, -0.2) is 0 Å². The summed E-state index contributed by atoms with van der Waals surface area (Å²) in [6, 6.07) is 2.74. The minimum atomic E-state index is -0.723. The molecule has 1 amide bonds. The highest BCUT2D eigenvalue weighted by atomic mass is 16.5. The molecule has 3 rings (SSSR count). The number of carbonyl (C=O) groups excluding carboxylic acids is 2. The van der Waals surface area contributed by atoms with Crippen LogP contribution in [0, 0.1) is 5.92 Å². The van der Waals surface area contributed by atoms with Gasteiger partial charge in [0.25, 0.3) is 5.91 Å². The zero-order valence-corrected chi connectivity index (χ0v) is 18.9. The average molecular weight is 433 g/mol. The Labute approximate surface area is 183 Å². The Bertz CT molecular complexity index is 848. The van der Waals surface area contributed by atoms with Gasteiger partial charge < -0.3 is 29.1 Å². The van der Waals surface area contributed by atoms with Crippen LogP contribution in [0.4, 0.5) is 0 Å². The van der Waals surface area contributed by atoms with Crippen molar-refractivity contribution in [3.8, 4) is 17.2 Å². The van der Waals surface area contributed by atoms with Crippen LogP contribution in [0.25, 0.3) is 0 Å². The first-order chi connectivity index (χ1) is 14.8. The predicted octanol–water partition coefficient (Wildman–Crippen LogP) is 2.73. The number of nitrogens with zero attached hydrogens (tertiary/aromatic N) is 2. The van der Waals surface area contributed by atoms with E-state index in [0.29, 0.717) is 35.9 Å². The Balaban J connectivity index is 2.07. The molecule has 0 saturated carbocycles. The molecule has 1 unspecified atom stereocenters. The van der Waals surface area contributed by atoms with Crippen molar-refractivity contribution in [3.05, 3.63) is 29.0 Å². The first kappa shape index (κ1) is 22.9. The molecule has 8 nitrogen and oxygen atoms in total. The van der Waals surface area contributed by atoms with E-state index in [1.54, 1.807) is 30.9 Å². The monoisotopic (exact) mass is 432 g/mol. The van der Waals surface area contributed by atoms with Gasteiger partial charge in [-0.1, -0.05) is 13.8 Å². The molecule has 0 bridgehead atoms. The number of likely N-dealkylation sites (tertiary alicyclic amines) is 1. The summed E-state index contributed by atoms with van der Waals surface area (Å²) in [5.74, 6) is -0.355. The molecule has 31 heavy (non-hydrogen) atoms. The largest absolute Gasteiger partial charge is 0.503 e. The SMILES string of the molecule is COc1cc(C2C(C(=O)C(C)C)=C(O)C(=O)N2CCN2CCCC2)cc(OC)c1OC. The van der Waals surface area contributed by atoms with Crippen molar-refractivity contribution >= 4 is 11.7 Å². The summed E-state index contributed by atoms with van der Waals surface area (Å²) in [7, 11) is 4.54. The quantitative estimate of drug-likeness (QED) is 0.642. The number of benzene rings is 1. The Morgan fingerprint density at radius 3 is 2.13 bits per heavy atom. The third-order valence-electron chi connectivity index (χ3n) is 5.95. The number of ketones is 1. The summed E-state index contributed by atoms with van der Waals surface area (Å²) < 4.78 is 16.4. The second-order valence-electron chi connectivity index (χ2n) is 8.19. The molecule has 1 aromatic rings. The summed E-state index contributed by atoms with van der Waals surface area (Å²) in [6.07, 6.45) is 2.29. The number of rotatable bonds is 9. The lowest BCUT2D eigenvalue weighted by Crippen LogP contribution is -2.38. The fourth-order valence-electron chi connectivity index (χ4n) is 4.31. The molecule has 8 heteroatoms. The van der Waals surface area contributed by atoms with E-state index in [9.17, 15) is 14.7 Å². The van der Waals surface area contributed by atoms with E-state index >= 15 is 0 Å². The smallest absolute Gasteiger partial charge is 0.290 e. The second-order valence-corrected chi connectivity index (χ2v) is 8.19. The van der Waals surface area contributed by atoms with Crippen LogP contribution in [0.15, 0.2) is 23.5 Å². The third kappa shape index (κ3) is 4.35. The number of amides is 1. The first-order valence-corrected chi connectivity index (χ1v) is 10.6. The normalized spacial score (nSPS) is 19.5. The number of methoxy groups -OCH3 is 3. The van der Waals surface area contributed by atoms with Gasteiger partial charge in [0.1, 0.15) is 0 Å². The van der Waals surface area contributed by atoms with Gasteiger partial charge in [-0.05, 0) is 43.6 Å². The number of carbonyl (C=O) groups is 2. The van der Waals surface area contributed by atoms with Crippen molar-refractivity contribution in [1.29, 1.82) is 0 Å². The second kappa shape index (κ2) is 9.60. The molecular weight excluding hydrogens is 400 g/mol. The van der Waals surface area contributed by atoms with Crippen molar-refractivity contribution in [2.45, 2.75) is 32.7 Å². The van der Waals surface area contributed by atoms with Gasteiger partial charge in [0.15, 0.2) is 23.0 Å². The van der Waals surface area contributed by atoms with E-state index in [1.807, 2.05) is 0 Å². The zero-order valence-electron chi connectivity index (χ0n) is 18.9. The van der Waals surface area contributed by atoms with Gasteiger partial charge in [-0.2, -0.15) is 0 Å². The summed E-state index contributed by atoms with van der Waals surface area (Å²) in [5, 5.41) is 10.7. The average Bonchev–Trinajstić information content (AvgIpc) is 3.37. The molecule has 1 atom stereocenters. The highest BCUT2D eigenvalue weighted by Gasteiger charge is 2.44. The fourth-order valence-corrected chi connectivity index (χ4v) is 4.31. The number of ether oxygens (including phenoxy) is 3. The number of hydrogen-bond donors (Lipinski definition) is 1. The lowest BCUT2D eigenvalue weighted by atomic mass is 9.91. The number of aliphatic hydroxyl groups is 1. The number of hydrogen-bond acceptors (Lipinski definition) is 7. The van der Waals surface area contributed by atoms with Crippen LogP contribution in [0.5, 0.6) is 17.2 Å². The van der Waals surface area contributed by atoms with Gasteiger partial charge in [0.2, 0.25) is 5.75 Å². The van der Waals surface area contributed by atoms with E-state index in [4.69, 9.17) is 14.2 Å². The van der Waals surface area contributed by atoms with Crippen LogP contribution in [0.2, 0.25) is 0 Å². The minimum Gasteiger partial charge on any atom is -0.503 e. The highest BCUT2D eigenvalue weighted by molar-refractivity contribution is 6.09. The molecule has 1 aromatic carbocycles.